The third-order valence-electron chi connectivity index (χ3n) is 3.54. The minimum atomic E-state index is -0.838. The molecule has 0 saturated heterocycles. The molecule has 1 amide bonds. The Morgan fingerprint density at radius 1 is 0.926 bits per heavy atom. The van der Waals surface area contributed by atoms with Crippen LogP contribution in [0.5, 0.6) is 5.75 Å². The molecule has 1 atom stereocenters. The number of hydrogen-bond acceptors (Lipinski definition) is 6. The fourth-order valence-electron chi connectivity index (χ4n) is 2.19. The van der Waals surface area contributed by atoms with E-state index < -0.39 is 23.9 Å². The van der Waals surface area contributed by atoms with Crippen LogP contribution in [-0.2, 0) is 14.3 Å². The van der Waals surface area contributed by atoms with Crippen molar-refractivity contribution in [3.8, 4) is 5.75 Å². The van der Waals surface area contributed by atoms with Crippen molar-refractivity contribution >= 4 is 35.1 Å². The zero-order valence-electron chi connectivity index (χ0n) is 14.9. The molecular weight excluding hydrogens is 374 g/mol. The van der Waals surface area contributed by atoms with Crippen molar-refractivity contribution < 1.29 is 28.6 Å². The van der Waals surface area contributed by atoms with Gasteiger partial charge >= 0.3 is 11.9 Å². The highest BCUT2D eigenvalue weighted by Gasteiger charge is 2.18. The summed E-state index contributed by atoms with van der Waals surface area (Å²) in [7, 11) is 2.43. The first-order valence-corrected chi connectivity index (χ1v) is 8.26. The van der Waals surface area contributed by atoms with Crippen molar-refractivity contribution in [3.63, 3.8) is 0 Å². The van der Waals surface area contributed by atoms with Crippen LogP contribution in [0.3, 0.4) is 0 Å². The lowest BCUT2D eigenvalue weighted by molar-refractivity contribution is -0.122. The standard InChI is InChI=1S/C19H18ClNO6/c1-11(27-16-6-4-14(20)5-7-16)17(22)21-15-9-12(18(23)25-2)8-13(10-15)19(24)26-3/h4-11H,1-3H3,(H,21,22)/t11-/m0/s1. The van der Waals surface area contributed by atoms with Crippen LogP contribution in [0.2, 0.25) is 5.02 Å². The van der Waals surface area contributed by atoms with Crippen LogP contribution in [0.1, 0.15) is 27.6 Å². The fourth-order valence-corrected chi connectivity index (χ4v) is 2.31. The molecule has 0 aromatic heterocycles. The van der Waals surface area contributed by atoms with Crippen molar-refractivity contribution in [1.82, 2.24) is 0 Å². The van der Waals surface area contributed by atoms with E-state index in [2.05, 4.69) is 14.8 Å². The van der Waals surface area contributed by atoms with Crippen LogP contribution >= 0.6 is 11.6 Å². The summed E-state index contributed by atoms with van der Waals surface area (Å²) in [6, 6.07) is 10.7. The molecule has 0 aliphatic carbocycles. The van der Waals surface area contributed by atoms with Crippen molar-refractivity contribution in [3.05, 3.63) is 58.6 Å². The van der Waals surface area contributed by atoms with E-state index in [0.29, 0.717) is 10.8 Å². The first-order chi connectivity index (χ1) is 12.8. The minimum absolute atomic E-state index is 0.0990. The predicted molar refractivity (Wildman–Crippen MR) is 99.3 cm³/mol. The second-order valence-electron chi connectivity index (χ2n) is 5.49. The van der Waals surface area contributed by atoms with Gasteiger partial charge in [0.25, 0.3) is 5.91 Å². The predicted octanol–water partition coefficient (Wildman–Crippen LogP) is 3.32. The third kappa shape index (κ3) is 5.46. The zero-order chi connectivity index (χ0) is 20.0. The average Bonchev–Trinajstić information content (AvgIpc) is 2.67. The number of halogens is 1. The SMILES string of the molecule is COC(=O)c1cc(NC(=O)[C@H](C)Oc2ccc(Cl)cc2)cc(C(=O)OC)c1. The van der Waals surface area contributed by atoms with Crippen molar-refractivity contribution in [2.45, 2.75) is 13.0 Å². The topological polar surface area (TPSA) is 90.9 Å². The molecule has 2 aromatic rings. The summed E-state index contributed by atoms with van der Waals surface area (Å²) in [5.41, 5.74) is 0.429. The second-order valence-corrected chi connectivity index (χ2v) is 5.92. The van der Waals surface area contributed by atoms with Gasteiger partial charge in [0.2, 0.25) is 0 Å². The number of carbonyl (C=O) groups is 3. The Labute approximate surface area is 161 Å². The quantitative estimate of drug-likeness (QED) is 0.759. The normalized spacial score (nSPS) is 11.3. The number of ether oxygens (including phenoxy) is 3. The molecule has 8 heteroatoms. The summed E-state index contributed by atoms with van der Waals surface area (Å²) in [4.78, 5) is 36.0. The molecule has 2 rings (SSSR count). The lowest BCUT2D eigenvalue weighted by atomic mass is 10.1. The largest absolute Gasteiger partial charge is 0.481 e. The Morgan fingerprint density at radius 3 is 1.93 bits per heavy atom. The molecule has 0 saturated carbocycles. The Morgan fingerprint density at radius 2 is 1.44 bits per heavy atom. The maximum atomic E-state index is 12.4. The van der Waals surface area contributed by atoms with Gasteiger partial charge in [-0.05, 0) is 49.4 Å². The van der Waals surface area contributed by atoms with Gasteiger partial charge in [-0.1, -0.05) is 11.6 Å². The number of methoxy groups -OCH3 is 2. The molecule has 0 aliphatic rings. The molecule has 2 aromatic carbocycles. The molecule has 0 spiro atoms. The number of nitrogens with one attached hydrogen (secondary N) is 1. The summed E-state index contributed by atoms with van der Waals surface area (Å²) in [5.74, 6) is -1.30. The molecule has 142 valence electrons. The van der Waals surface area contributed by atoms with E-state index in [4.69, 9.17) is 16.3 Å². The summed E-state index contributed by atoms with van der Waals surface area (Å²) in [5, 5.41) is 3.16. The van der Waals surface area contributed by atoms with Crippen molar-refractivity contribution in [2.24, 2.45) is 0 Å². The van der Waals surface area contributed by atoms with E-state index >= 15 is 0 Å². The maximum Gasteiger partial charge on any atom is 0.337 e. The van der Waals surface area contributed by atoms with E-state index in [1.54, 1.807) is 31.2 Å². The van der Waals surface area contributed by atoms with Crippen LogP contribution < -0.4 is 10.1 Å². The van der Waals surface area contributed by atoms with Gasteiger partial charge < -0.3 is 19.5 Å². The van der Waals surface area contributed by atoms with Crippen LogP contribution in [-0.4, -0.2) is 38.2 Å². The lowest BCUT2D eigenvalue weighted by Crippen LogP contribution is -2.30. The highest BCUT2D eigenvalue weighted by atomic mass is 35.5. The molecule has 1 N–H and O–H groups in total. The Bertz CT molecular complexity index is 816. The second kappa shape index (κ2) is 9.05. The molecule has 0 bridgehead atoms. The molecule has 0 heterocycles. The van der Waals surface area contributed by atoms with E-state index in [1.165, 1.54) is 32.4 Å². The van der Waals surface area contributed by atoms with Crippen LogP contribution in [0.4, 0.5) is 5.69 Å². The number of esters is 2. The molecular formula is C19H18ClNO6. The number of hydrogen-bond donors (Lipinski definition) is 1. The van der Waals surface area contributed by atoms with Gasteiger partial charge in [-0.15, -0.1) is 0 Å². The summed E-state index contributed by atoms with van der Waals surface area (Å²) >= 11 is 5.81. The zero-order valence-corrected chi connectivity index (χ0v) is 15.7. The van der Waals surface area contributed by atoms with Crippen LogP contribution in [0.15, 0.2) is 42.5 Å². The Kier molecular flexibility index (Phi) is 6.79. The Balaban J connectivity index is 2.18. The lowest BCUT2D eigenvalue weighted by Gasteiger charge is -2.15. The smallest absolute Gasteiger partial charge is 0.337 e. The van der Waals surface area contributed by atoms with Crippen molar-refractivity contribution in [1.29, 1.82) is 0 Å². The monoisotopic (exact) mass is 391 g/mol. The van der Waals surface area contributed by atoms with E-state index in [1.807, 2.05) is 0 Å². The maximum absolute atomic E-state index is 12.4. The summed E-state index contributed by atoms with van der Waals surface area (Å²) in [6.07, 6.45) is -0.838. The summed E-state index contributed by atoms with van der Waals surface area (Å²) < 4.78 is 14.9. The Hall–Kier alpha value is -3.06. The van der Waals surface area contributed by atoms with Gasteiger partial charge in [0.1, 0.15) is 5.75 Å². The van der Waals surface area contributed by atoms with E-state index in [0.717, 1.165) is 0 Å². The van der Waals surface area contributed by atoms with E-state index in [9.17, 15) is 14.4 Å². The first-order valence-electron chi connectivity index (χ1n) is 7.89. The fraction of sp³-hybridized carbons (Fsp3) is 0.211. The van der Waals surface area contributed by atoms with Gasteiger partial charge in [0.15, 0.2) is 6.10 Å². The number of amides is 1. The average molecular weight is 392 g/mol. The molecule has 0 radical (unpaired) electrons. The first kappa shape index (κ1) is 20.3. The molecule has 7 nitrogen and oxygen atoms in total. The number of benzene rings is 2. The van der Waals surface area contributed by atoms with Gasteiger partial charge in [-0.2, -0.15) is 0 Å². The van der Waals surface area contributed by atoms with E-state index in [-0.39, 0.29) is 16.8 Å². The summed E-state index contributed by atoms with van der Waals surface area (Å²) in [6.45, 7) is 1.56. The van der Waals surface area contributed by atoms with Gasteiger partial charge in [-0.3, -0.25) is 4.79 Å². The van der Waals surface area contributed by atoms with Crippen LogP contribution in [0.25, 0.3) is 0 Å². The number of rotatable bonds is 6. The van der Waals surface area contributed by atoms with Crippen LogP contribution in [0, 0.1) is 0 Å². The minimum Gasteiger partial charge on any atom is -0.481 e. The molecule has 0 fully saturated rings. The highest BCUT2D eigenvalue weighted by molar-refractivity contribution is 6.30. The van der Waals surface area contributed by atoms with Gasteiger partial charge in [0.05, 0.1) is 25.3 Å². The van der Waals surface area contributed by atoms with Crippen molar-refractivity contribution in [2.75, 3.05) is 19.5 Å². The molecule has 0 unspecified atom stereocenters. The number of carbonyl (C=O) groups excluding carboxylic acids is 3. The number of anilines is 1. The molecule has 0 aliphatic heterocycles. The van der Waals surface area contributed by atoms with Gasteiger partial charge in [0, 0.05) is 10.7 Å². The molecule has 27 heavy (non-hydrogen) atoms. The highest BCUT2D eigenvalue weighted by Crippen LogP contribution is 2.19. The third-order valence-corrected chi connectivity index (χ3v) is 3.79. The van der Waals surface area contributed by atoms with Gasteiger partial charge in [-0.25, -0.2) is 9.59 Å².